The number of nitrogens with one attached hydrogen (secondary N) is 2. The van der Waals surface area contributed by atoms with Crippen molar-refractivity contribution in [2.24, 2.45) is 10.9 Å². The van der Waals surface area contributed by atoms with Gasteiger partial charge in [0.1, 0.15) is 5.76 Å². The van der Waals surface area contributed by atoms with E-state index in [1.165, 1.54) is 0 Å². The molecule has 0 spiro atoms. The van der Waals surface area contributed by atoms with Crippen LogP contribution in [0.3, 0.4) is 0 Å². The molecule has 130 valence electrons. The Morgan fingerprint density at radius 2 is 2.09 bits per heavy atom. The van der Waals surface area contributed by atoms with Crippen molar-refractivity contribution >= 4 is 5.96 Å². The molecule has 1 aromatic rings. The third kappa shape index (κ3) is 10.6. The van der Waals surface area contributed by atoms with E-state index in [0.717, 1.165) is 49.8 Å². The monoisotopic (exact) mass is 321 g/mol. The summed E-state index contributed by atoms with van der Waals surface area (Å²) in [5.74, 6) is 2.43. The van der Waals surface area contributed by atoms with Crippen molar-refractivity contribution in [2.75, 3.05) is 32.8 Å². The second-order valence-electron chi connectivity index (χ2n) is 6.10. The Kier molecular flexibility index (Phi) is 9.87. The van der Waals surface area contributed by atoms with Gasteiger partial charge in [0.2, 0.25) is 0 Å². The normalized spacial score (nSPS) is 11.7. The number of hydrogen-bond donors (Lipinski definition) is 2. The molecule has 0 aliphatic heterocycles. The molecule has 0 fully saturated rings. The maximum atomic E-state index is 5.61. The summed E-state index contributed by atoms with van der Waals surface area (Å²) in [6.07, 6.45) is 3.61. The second kappa shape index (κ2) is 11.8. The van der Waals surface area contributed by atoms with Crippen molar-refractivity contribution in [3.8, 4) is 0 Å². The highest BCUT2D eigenvalue weighted by molar-refractivity contribution is 5.79. The molecule has 0 atom stereocenters. The van der Waals surface area contributed by atoms with Gasteiger partial charge in [-0.2, -0.15) is 0 Å². The summed E-state index contributed by atoms with van der Waals surface area (Å²) >= 11 is 0. The molecule has 1 heterocycles. The minimum absolute atomic E-state index is 0.615. The molecule has 2 N–H and O–H groups in total. The van der Waals surface area contributed by atoms with Gasteiger partial charge in [-0.1, -0.05) is 26.0 Å². The van der Waals surface area contributed by atoms with E-state index in [1.54, 1.807) is 6.26 Å². The molecule has 0 amide bonds. The molecular weight excluding hydrogens is 290 g/mol. The first-order chi connectivity index (χ1) is 11.1. The van der Waals surface area contributed by atoms with Crippen molar-refractivity contribution in [3.63, 3.8) is 0 Å². The summed E-state index contributed by atoms with van der Waals surface area (Å²) in [7, 11) is 0. The van der Waals surface area contributed by atoms with Crippen LogP contribution in [0.5, 0.6) is 0 Å². The predicted octanol–water partition coefficient (Wildman–Crippen LogP) is 3.00. The van der Waals surface area contributed by atoms with Gasteiger partial charge in [-0.3, -0.25) is 0 Å². The maximum Gasteiger partial charge on any atom is 0.191 e. The molecule has 5 heteroatoms. The van der Waals surface area contributed by atoms with Gasteiger partial charge in [-0.05, 0) is 31.4 Å². The van der Waals surface area contributed by atoms with Crippen LogP contribution in [0.15, 0.2) is 40.0 Å². The summed E-state index contributed by atoms with van der Waals surface area (Å²) in [5, 5.41) is 6.59. The molecule has 0 unspecified atom stereocenters. The lowest BCUT2D eigenvalue weighted by molar-refractivity contribution is 0.128. The molecule has 0 aliphatic carbocycles. The Morgan fingerprint density at radius 3 is 2.74 bits per heavy atom. The molecule has 0 aromatic carbocycles. The summed E-state index contributed by atoms with van der Waals surface area (Å²) in [6.45, 7) is 13.9. The topological polar surface area (TPSA) is 58.8 Å². The van der Waals surface area contributed by atoms with Crippen LogP contribution in [0.25, 0.3) is 0 Å². The zero-order valence-corrected chi connectivity index (χ0v) is 14.7. The fourth-order valence-electron chi connectivity index (χ4n) is 1.81. The van der Waals surface area contributed by atoms with Crippen molar-refractivity contribution < 1.29 is 9.15 Å². The summed E-state index contributed by atoms with van der Waals surface area (Å²) in [6, 6.07) is 3.88. The van der Waals surface area contributed by atoms with Crippen molar-refractivity contribution in [1.29, 1.82) is 0 Å². The number of furan rings is 1. The molecular formula is C18H31N3O2. The molecule has 1 rings (SSSR count). The van der Waals surface area contributed by atoms with Crippen LogP contribution in [-0.2, 0) is 11.2 Å². The van der Waals surface area contributed by atoms with Crippen LogP contribution in [0.2, 0.25) is 0 Å². The van der Waals surface area contributed by atoms with Gasteiger partial charge in [-0.25, -0.2) is 4.99 Å². The highest BCUT2D eigenvalue weighted by Crippen LogP contribution is 1.99. The lowest BCUT2D eigenvalue weighted by Gasteiger charge is -2.13. The smallest absolute Gasteiger partial charge is 0.191 e. The zero-order valence-electron chi connectivity index (χ0n) is 14.7. The number of hydrogen-bond acceptors (Lipinski definition) is 3. The van der Waals surface area contributed by atoms with Crippen LogP contribution in [-0.4, -0.2) is 38.8 Å². The Labute approximate surface area is 140 Å². The van der Waals surface area contributed by atoms with E-state index in [4.69, 9.17) is 9.15 Å². The van der Waals surface area contributed by atoms with Crippen LogP contribution in [0, 0.1) is 5.92 Å². The van der Waals surface area contributed by atoms with Crippen LogP contribution >= 0.6 is 0 Å². The minimum atomic E-state index is 0.615. The number of aliphatic imine (C=N–C) groups is 1. The van der Waals surface area contributed by atoms with E-state index in [9.17, 15) is 0 Å². The van der Waals surface area contributed by atoms with Gasteiger partial charge in [-0.15, -0.1) is 0 Å². The van der Waals surface area contributed by atoms with Crippen LogP contribution in [0.4, 0.5) is 0 Å². The molecule has 0 saturated heterocycles. The first-order valence-corrected chi connectivity index (χ1v) is 8.34. The zero-order chi connectivity index (χ0) is 16.9. The quantitative estimate of drug-likeness (QED) is 0.285. The van der Waals surface area contributed by atoms with Gasteiger partial charge < -0.3 is 19.8 Å². The third-order valence-electron chi connectivity index (χ3n) is 3.13. The minimum Gasteiger partial charge on any atom is -0.469 e. The van der Waals surface area contributed by atoms with E-state index in [2.05, 4.69) is 36.1 Å². The number of rotatable bonds is 11. The van der Waals surface area contributed by atoms with Crippen molar-refractivity contribution in [3.05, 3.63) is 36.3 Å². The highest BCUT2D eigenvalue weighted by Gasteiger charge is 2.01. The summed E-state index contributed by atoms with van der Waals surface area (Å²) in [5.41, 5.74) is 1.03. The fraction of sp³-hybridized carbons (Fsp3) is 0.611. The van der Waals surface area contributed by atoms with Crippen molar-refractivity contribution in [2.45, 2.75) is 33.6 Å². The molecule has 0 radical (unpaired) electrons. The fourth-order valence-corrected chi connectivity index (χ4v) is 1.81. The standard InChI is InChI=1S/C18H31N3O2/c1-15(2)8-12-22-13-10-20-18(21-14-16(3)4)19-9-7-17-6-5-11-23-17/h5-6,11,15H,3,7-10,12-14H2,1-2,4H3,(H2,19,20,21). The molecule has 5 nitrogen and oxygen atoms in total. The lowest BCUT2D eigenvalue weighted by atomic mass is 10.1. The Morgan fingerprint density at radius 1 is 1.30 bits per heavy atom. The first kappa shape index (κ1) is 19.3. The van der Waals surface area contributed by atoms with Crippen LogP contribution in [0.1, 0.15) is 33.0 Å². The van der Waals surface area contributed by atoms with Crippen molar-refractivity contribution in [1.82, 2.24) is 10.6 Å². The molecule has 0 saturated carbocycles. The Hall–Kier alpha value is -1.75. The van der Waals surface area contributed by atoms with Gasteiger partial charge >= 0.3 is 0 Å². The largest absolute Gasteiger partial charge is 0.469 e. The Bertz CT molecular complexity index is 453. The van der Waals surface area contributed by atoms with Gasteiger partial charge in [0.25, 0.3) is 0 Å². The number of ether oxygens (including phenoxy) is 1. The lowest BCUT2D eigenvalue weighted by Crippen LogP contribution is -2.40. The average molecular weight is 321 g/mol. The van der Waals surface area contributed by atoms with E-state index in [-0.39, 0.29) is 0 Å². The van der Waals surface area contributed by atoms with E-state index in [0.29, 0.717) is 19.1 Å². The van der Waals surface area contributed by atoms with E-state index < -0.39 is 0 Å². The van der Waals surface area contributed by atoms with Crippen LogP contribution < -0.4 is 10.6 Å². The SMILES string of the molecule is C=C(C)CN=C(NCCOCCC(C)C)NCCc1ccco1. The summed E-state index contributed by atoms with van der Waals surface area (Å²) in [4.78, 5) is 4.50. The average Bonchev–Trinajstić information content (AvgIpc) is 3.00. The van der Waals surface area contributed by atoms with Gasteiger partial charge in [0.15, 0.2) is 5.96 Å². The van der Waals surface area contributed by atoms with Gasteiger partial charge in [0.05, 0.1) is 19.4 Å². The summed E-state index contributed by atoms with van der Waals surface area (Å²) < 4.78 is 10.9. The second-order valence-corrected chi connectivity index (χ2v) is 6.10. The molecule has 0 bridgehead atoms. The van der Waals surface area contributed by atoms with Gasteiger partial charge in [0, 0.05) is 26.1 Å². The number of nitrogens with zero attached hydrogens (tertiary/aromatic N) is 1. The van der Waals surface area contributed by atoms with E-state index >= 15 is 0 Å². The molecule has 23 heavy (non-hydrogen) atoms. The molecule has 1 aromatic heterocycles. The van der Waals surface area contributed by atoms with E-state index in [1.807, 2.05) is 19.1 Å². The number of guanidine groups is 1. The first-order valence-electron chi connectivity index (χ1n) is 8.34. The molecule has 0 aliphatic rings. The highest BCUT2D eigenvalue weighted by atomic mass is 16.5. The predicted molar refractivity (Wildman–Crippen MR) is 95.8 cm³/mol. The third-order valence-corrected chi connectivity index (χ3v) is 3.13. The maximum absolute atomic E-state index is 5.61. The Balaban J connectivity index is 2.25.